The molecule has 0 fully saturated rings. The van der Waals surface area contributed by atoms with Crippen LogP contribution in [-0.4, -0.2) is 29.5 Å². The quantitative estimate of drug-likeness (QED) is 0.563. The molecule has 0 saturated carbocycles. The Morgan fingerprint density at radius 2 is 2.22 bits per heavy atom. The highest BCUT2D eigenvalue weighted by molar-refractivity contribution is 6.01. The monoisotopic (exact) mass is 251 g/mol. The molecule has 1 rings (SSSR count). The van der Waals surface area contributed by atoms with Gasteiger partial charge in [-0.3, -0.25) is 9.78 Å². The van der Waals surface area contributed by atoms with Crippen LogP contribution in [0, 0.1) is 6.92 Å². The molecule has 18 heavy (non-hydrogen) atoms. The molecule has 0 aliphatic heterocycles. The van der Waals surface area contributed by atoms with E-state index in [0.717, 1.165) is 11.3 Å². The maximum Gasteiger partial charge on any atom is 0.332 e. The molecule has 0 saturated heterocycles. The van der Waals surface area contributed by atoms with Gasteiger partial charge in [0.15, 0.2) is 6.04 Å². The number of ether oxygens (including phenoxy) is 1. The van der Waals surface area contributed by atoms with Gasteiger partial charge in [0, 0.05) is 18.4 Å². The number of nitrogens with two attached hydrogens (primary N) is 1. The summed E-state index contributed by atoms with van der Waals surface area (Å²) in [5.41, 5.74) is 7.17. The molecule has 1 aromatic rings. The fraction of sp³-hybridized carbons (Fsp3) is 0.417. The van der Waals surface area contributed by atoms with Crippen molar-refractivity contribution >= 4 is 11.9 Å². The topological polar surface area (TPSA) is 94.3 Å². The molecule has 1 atom stereocenters. The molecule has 1 amide bonds. The lowest BCUT2D eigenvalue weighted by Gasteiger charge is -2.11. The van der Waals surface area contributed by atoms with Gasteiger partial charge in [0.2, 0.25) is 5.91 Å². The van der Waals surface area contributed by atoms with Crippen molar-refractivity contribution < 1.29 is 14.3 Å². The molecular formula is C12H17N3O3. The average molecular weight is 251 g/mol. The number of pyridine rings is 1. The Hall–Kier alpha value is -1.95. The van der Waals surface area contributed by atoms with Gasteiger partial charge in [-0.1, -0.05) is 6.07 Å². The summed E-state index contributed by atoms with van der Waals surface area (Å²) >= 11 is 0. The lowest BCUT2D eigenvalue weighted by Crippen LogP contribution is -2.46. The van der Waals surface area contributed by atoms with Gasteiger partial charge < -0.3 is 15.8 Å². The van der Waals surface area contributed by atoms with E-state index >= 15 is 0 Å². The number of rotatable bonds is 5. The molecule has 1 heterocycles. The normalized spacial score (nSPS) is 11.7. The van der Waals surface area contributed by atoms with Crippen molar-refractivity contribution in [3.05, 3.63) is 29.6 Å². The van der Waals surface area contributed by atoms with Crippen LogP contribution in [-0.2, 0) is 20.9 Å². The number of hydrogen-bond donors (Lipinski definition) is 2. The van der Waals surface area contributed by atoms with Crippen LogP contribution in [0.2, 0.25) is 0 Å². The van der Waals surface area contributed by atoms with Crippen LogP contribution in [0.5, 0.6) is 0 Å². The van der Waals surface area contributed by atoms with Crippen LogP contribution in [0.15, 0.2) is 18.3 Å². The van der Waals surface area contributed by atoms with E-state index in [4.69, 9.17) is 5.73 Å². The lowest BCUT2D eigenvalue weighted by molar-refractivity contribution is -0.148. The van der Waals surface area contributed by atoms with E-state index in [1.54, 1.807) is 13.1 Å². The van der Waals surface area contributed by atoms with Crippen LogP contribution in [0.25, 0.3) is 0 Å². The van der Waals surface area contributed by atoms with Crippen LogP contribution in [0.3, 0.4) is 0 Å². The molecule has 3 N–H and O–H groups in total. The summed E-state index contributed by atoms with van der Waals surface area (Å²) in [7, 11) is 0. The summed E-state index contributed by atoms with van der Waals surface area (Å²) < 4.78 is 4.66. The first-order valence-electron chi connectivity index (χ1n) is 5.66. The number of aryl methyl sites for hydroxylation is 1. The van der Waals surface area contributed by atoms with Crippen molar-refractivity contribution in [2.45, 2.75) is 26.4 Å². The summed E-state index contributed by atoms with van der Waals surface area (Å²) in [4.78, 5) is 26.9. The second-order valence-electron chi connectivity index (χ2n) is 3.76. The number of hydrogen-bond acceptors (Lipinski definition) is 5. The van der Waals surface area contributed by atoms with E-state index < -0.39 is 17.9 Å². The van der Waals surface area contributed by atoms with E-state index in [9.17, 15) is 9.59 Å². The highest BCUT2D eigenvalue weighted by Crippen LogP contribution is 1.98. The summed E-state index contributed by atoms with van der Waals surface area (Å²) in [6.45, 7) is 4.00. The second-order valence-corrected chi connectivity index (χ2v) is 3.76. The number of nitrogens with one attached hydrogen (secondary N) is 1. The summed E-state index contributed by atoms with van der Waals surface area (Å²) in [6, 6.07) is 2.40. The Kier molecular flexibility index (Phi) is 5.26. The van der Waals surface area contributed by atoms with Crippen LogP contribution < -0.4 is 11.1 Å². The minimum Gasteiger partial charge on any atom is -0.464 e. The molecule has 0 radical (unpaired) electrons. The number of aromatic nitrogens is 1. The fourth-order valence-electron chi connectivity index (χ4n) is 1.24. The van der Waals surface area contributed by atoms with Gasteiger partial charge in [0.05, 0.1) is 6.61 Å². The van der Waals surface area contributed by atoms with E-state index in [0.29, 0.717) is 0 Å². The third-order valence-electron chi connectivity index (χ3n) is 2.26. The maximum atomic E-state index is 11.5. The smallest absolute Gasteiger partial charge is 0.332 e. The molecule has 0 spiro atoms. The van der Waals surface area contributed by atoms with Gasteiger partial charge in [0.1, 0.15) is 0 Å². The zero-order valence-corrected chi connectivity index (χ0v) is 10.5. The zero-order valence-electron chi connectivity index (χ0n) is 10.5. The van der Waals surface area contributed by atoms with Crippen molar-refractivity contribution in [3.8, 4) is 0 Å². The van der Waals surface area contributed by atoms with Crippen LogP contribution in [0.1, 0.15) is 18.2 Å². The van der Waals surface area contributed by atoms with Crippen molar-refractivity contribution in [2.24, 2.45) is 5.73 Å². The van der Waals surface area contributed by atoms with Crippen molar-refractivity contribution in [3.63, 3.8) is 0 Å². The minimum absolute atomic E-state index is 0.196. The predicted octanol–water partition coefficient (Wildman–Crippen LogP) is -0.103. The van der Waals surface area contributed by atoms with Gasteiger partial charge in [-0.25, -0.2) is 4.79 Å². The number of esters is 1. The maximum absolute atomic E-state index is 11.5. The molecule has 6 heteroatoms. The second kappa shape index (κ2) is 6.70. The predicted molar refractivity (Wildman–Crippen MR) is 65.4 cm³/mol. The molecule has 0 aromatic carbocycles. The van der Waals surface area contributed by atoms with E-state index in [1.807, 2.05) is 19.1 Å². The molecule has 1 aromatic heterocycles. The number of amides is 1. The fourth-order valence-corrected chi connectivity index (χ4v) is 1.24. The van der Waals surface area contributed by atoms with Gasteiger partial charge in [-0.2, -0.15) is 0 Å². The molecule has 0 aliphatic carbocycles. The summed E-state index contributed by atoms with van der Waals surface area (Å²) in [5, 5.41) is 2.55. The molecule has 0 aliphatic rings. The van der Waals surface area contributed by atoms with Gasteiger partial charge in [-0.15, -0.1) is 0 Å². The Morgan fingerprint density at radius 3 is 2.78 bits per heavy atom. The van der Waals surface area contributed by atoms with Crippen molar-refractivity contribution in [1.29, 1.82) is 0 Å². The molecule has 1 unspecified atom stereocenters. The first-order valence-corrected chi connectivity index (χ1v) is 5.66. The zero-order chi connectivity index (χ0) is 13.5. The van der Waals surface area contributed by atoms with Crippen LogP contribution >= 0.6 is 0 Å². The standard InChI is InChI=1S/C12H17N3O3/c1-3-18-12(17)10(13)11(16)15-7-9-5-4-8(2)14-6-9/h4-6,10H,3,7,13H2,1-2H3,(H,15,16). The Labute approximate surface area is 106 Å². The van der Waals surface area contributed by atoms with Gasteiger partial charge in [-0.05, 0) is 25.5 Å². The highest BCUT2D eigenvalue weighted by atomic mass is 16.5. The Bertz CT molecular complexity index is 417. The molecule has 0 bridgehead atoms. The Morgan fingerprint density at radius 1 is 1.50 bits per heavy atom. The summed E-state index contributed by atoms with van der Waals surface area (Å²) in [5.74, 6) is -1.29. The van der Waals surface area contributed by atoms with Gasteiger partial charge >= 0.3 is 5.97 Å². The highest BCUT2D eigenvalue weighted by Gasteiger charge is 2.22. The summed E-state index contributed by atoms with van der Waals surface area (Å²) in [6.07, 6.45) is 1.66. The number of carbonyl (C=O) groups is 2. The van der Waals surface area contributed by atoms with E-state index in [-0.39, 0.29) is 13.2 Å². The number of nitrogens with zero attached hydrogens (tertiary/aromatic N) is 1. The molecule has 6 nitrogen and oxygen atoms in total. The SMILES string of the molecule is CCOC(=O)C(N)C(=O)NCc1ccc(C)nc1. The lowest BCUT2D eigenvalue weighted by atomic mass is 10.2. The van der Waals surface area contributed by atoms with Crippen molar-refractivity contribution in [2.75, 3.05) is 6.61 Å². The van der Waals surface area contributed by atoms with E-state index in [2.05, 4.69) is 15.0 Å². The first-order chi connectivity index (χ1) is 8.54. The Balaban J connectivity index is 2.45. The van der Waals surface area contributed by atoms with Gasteiger partial charge in [0.25, 0.3) is 0 Å². The van der Waals surface area contributed by atoms with E-state index in [1.165, 1.54) is 0 Å². The van der Waals surface area contributed by atoms with Crippen LogP contribution in [0.4, 0.5) is 0 Å². The third kappa shape index (κ3) is 4.14. The van der Waals surface area contributed by atoms with Crippen molar-refractivity contribution in [1.82, 2.24) is 10.3 Å². The number of carbonyl (C=O) groups excluding carboxylic acids is 2. The molecular weight excluding hydrogens is 234 g/mol. The minimum atomic E-state index is -1.29. The largest absolute Gasteiger partial charge is 0.464 e. The molecule has 98 valence electrons. The third-order valence-corrected chi connectivity index (χ3v) is 2.26. The average Bonchev–Trinajstić information content (AvgIpc) is 2.37. The first kappa shape index (κ1) is 14.1.